The lowest BCUT2D eigenvalue weighted by Gasteiger charge is -2.26. The molecule has 1 aliphatic heterocycles. The molecule has 2 rings (SSSR count). The van der Waals surface area contributed by atoms with Gasteiger partial charge in [0.25, 0.3) is 0 Å². The molecule has 2 heterocycles. The molecule has 1 aromatic rings. The zero-order chi connectivity index (χ0) is 13.7. The summed E-state index contributed by atoms with van der Waals surface area (Å²) in [6, 6.07) is 1.80. The average Bonchev–Trinajstić information content (AvgIpc) is 2.80. The first-order chi connectivity index (χ1) is 9.20. The van der Waals surface area contributed by atoms with Crippen molar-refractivity contribution in [3.05, 3.63) is 10.9 Å². The number of nitrogens with two attached hydrogens (primary N) is 1. The van der Waals surface area contributed by atoms with Crippen LogP contribution in [0.3, 0.4) is 0 Å². The van der Waals surface area contributed by atoms with Crippen molar-refractivity contribution in [1.29, 1.82) is 0 Å². The van der Waals surface area contributed by atoms with Gasteiger partial charge in [0.15, 0.2) is 0 Å². The van der Waals surface area contributed by atoms with Gasteiger partial charge >= 0.3 is 5.97 Å². The number of nitrogen functional groups attached to an aromatic ring is 1. The number of likely N-dealkylation sites (tertiary alicyclic amines) is 1. The minimum Gasteiger partial charge on any atom is -0.465 e. The third-order valence-electron chi connectivity index (χ3n) is 3.31. The Kier molecular flexibility index (Phi) is 5.04. The van der Waals surface area contributed by atoms with Gasteiger partial charge in [-0.15, -0.1) is 11.3 Å². The van der Waals surface area contributed by atoms with E-state index < -0.39 is 0 Å². The van der Waals surface area contributed by atoms with E-state index >= 15 is 0 Å². The molecule has 19 heavy (non-hydrogen) atoms. The van der Waals surface area contributed by atoms with E-state index in [9.17, 15) is 4.79 Å². The lowest BCUT2D eigenvalue weighted by atomic mass is 10.1. The van der Waals surface area contributed by atoms with Crippen LogP contribution in [0.1, 0.15) is 28.9 Å². The number of rotatable bonds is 5. The van der Waals surface area contributed by atoms with E-state index in [0.717, 1.165) is 18.1 Å². The number of hydrogen-bond donors (Lipinski definition) is 2. The van der Waals surface area contributed by atoms with Crippen LogP contribution in [0.5, 0.6) is 0 Å². The second-order valence-electron chi connectivity index (χ2n) is 4.72. The topological polar surface area (TPSA) is 67.6 Å². The van der Waals surface area contributed by atoms with Gasteiger partial charge in [-0.2, -0.15) is 0 Å². The van der Waals surface area contributed by atoms with Crippen LogP contribution in [0.25, 0.3) is 0 Å². The van der Waals surface area contributed by atoms with Gasteiger partial charge < -0.3 is 20.7 Å². The third kappa shape index (κ3) is 3.84. The van der Waals surface area contributed by atoms with Crippen molar-refractivity contribution >= 4 is 28.0 Å². The van der Waals surface area contributed by atoms with Gasteiger partial charge in [-0.25, -0.2) is 4.79 Å². The lowest BCUT2D eigenvalue weighted by molar-refractivity contribution is 0.0607. The van der Waals surface area contributed by atoms with E-state index in [1.165, 1.54) is 50.8 Å². The van der Waals surface area contributed by atoms with Crippen LogP contribution in [0.15, 0.2) is 6.07 Å². The summed E-state index contributed by atoms with van der Waals surface area (Å²) in [5.74, 6) is -0.369. The van der Waals surface area contributed by atoms with E-state index in [2.05, 4.69) is 15.0 Å². The molecule has 0 aliphatic carbocycles. The second kappa shape index (κ2) is 6.77. The Bertz CT molecular complexity index is 428. The standard InChI is InChI=1S/C13H21N3O2S/c1-18-13(17)12-10(14)9-11(19-12)15-5-8-16-6-3-2-4-7-16/h9,15H,2-8,14H2,1H3. The Hall–Kier alpha value is -1.27. The number of nitrogens with one attached hydrogen (secondary N) is 1. The first kappa shape index (κ1) is 14.1. The molecule has 3 N–H and O–H groups in total. The van der Waals surface area contributed by atoms with Gasteiger partial charge in [-0.3, -0.25) is 0 Å². The maximum atomic E-state index is 11.4. The molecule has 0 atom stereocenters. The van der Waals surface area contributed by atoms with E-state index in [1.54, 1.807) is 6.07 Å². The first-order valence-corrected chi connectivity index (χ1v) is 7.46. The van der Waals surface area contributed by atoms with Gasteiger partial charge in [0, 0.05) is 13.1 Å². The van der Waals surface area contributed by atoms with Crippen molar-refractivity contribution in [2.45, 2.75) is 19.3 Å². The monoisotopic (exact) mass is 283 g/mol. The fourth-order valence-electron chi connectivity index (χ4n) is 2.26. The van der Waals surface area contributed by atoms with E-state index in [-0.39, 0.29) is 5.97 Å². The summed E-state index contributed by atoms with van der Waals surface area (Å²) in [6.45, 7) is 4.30. The Morgan fingerprint density at radius 1 is 1.47 bits per heavy atom. The smallest absolute Gasteiger partial charge is 0.350 e. The fourth-order valence-corrected chi connectivity index (χ4v) is 3.19. The number of esters is 1. The van der Waals surface area contributed by atoms with Gasteiger partial charge in [0.05, 0.1) is 17.8 Å². The Balaban J connectivity index is 1.81. The molecule has 0 radical (unpaired) electrons. The fraction of sp³-hybridized carbons (Fsp3) is 0.615. The van der Waals surface area contributed by atoms with Gasteiger partial charge in [0.2, 0.25) is 0 Å². The molecule has 0 spiro atoms. The lowest BCUT2D eigenvalue weighted by Crippen LogP contribution is -2.33. The first-order valence-electron chi connectivity index (χ1n) is 6.64. The molecule has 6 heteroatoms. The molecular formula is C13H21N3O2S. The molecule has 5 nitrogen and oxygen atoms in total. The van der Waals surface area contributed by atoms with E-state index in [0.29, 0.717) is 10.6 Å². The minimum atomic E-state index is -0.369. The van der Waals surface area contributed by atoms with Crippen LogP contribution >= 0.6 is 11.3 Å². The van der Waals surface area contributed by atoms with Crippen molar-refractivity contribution in [3.63, 3.8) is 0 Å². The number of piperidine rings is 1. The van der Waals surface area contributed by atoms with Crippen molar-refractivity contribution in [3.8, 4) is 0 Å². The van der Waals surface area contributed by atoms with Gasteiger partial charge in [0.1, 0.15) is 4.88 Å². The summed E-state index contributed by atoms with van der Waals surface area (Å²) in [4.78, 5) is 14.4. The van der Waals surface area contributed by atoms with Crippen molar-refractivity contribution in [1.82, 2.24) is 4.90 Å². The summed E-state index contributed by atoms with van der Waals surface area (Å²) in [7, 11) is 1.37. The van der Waals surface area contributed by atoms with Gasteiger partial charge in [-0.05, 0) is 32.0 Å². The largest absolute Gasteiger partial charge is 0.465 e. The number of thiophene rings is 1. The molecule has 1 fully saturated rings. The molecule has 0 bridgehead atoms. The normalized spacial score (nSPS) is 16.3. The molecule has 1 saturated heterocycles. The molecular weight excluding hydrogens is 262 g/mol. The molecule has 1 aliphatic rings. The van der Waals surface area contributed by atoms with Crippen LogP contribution in [-0.2, 0) is 4.74 Å². The predicted octanol–water partition coefficient (Wildman–Crippen LogP) is 2.01. The summed E-state index contributed by atoms with van der Waals surface area (Å²) in [5, 5.41) is 4.25. The van der Waals surface area contributed by atoms with E-state index in [4.69, 9.17) is 5.73 Å². The Labute approximate surface area is 117 Å². The second-order valence-corrected chi connectivity index (χ2v) is 5.77. The molecule has 0 aromatic carbocycles. The third-order valence-corrected chi connectivity index (χ3v) is 4.40. The molecule has 0 unspecified atom stereocenters. The SMILES string of the molecule is COC(=O)c1sc(NCCN2CCCCC2)cc1N. The number of carbonyl (C=O) groups excluding carboxylic acids is 1. The maximum absolute atomic E-state index is 11.4. The summed E-state index contributed by atoms with van der Waals surface area (Å²) in [6.07, 6.45) is 3.96. The average molecular weight is 283 g/mol. The number of nitrogens with zero attached hydrogens (tertiary/aromatic N) is 1. The Morgan fingerprint density at radius 3 is 2.89 bits per heavy atom. The molecule has 106 valence electrons. The number of carbonyl (C=O) groups is 1. The highest BCUT2D eigenvalue weighted by molar-refractivity contribution is 7.18. The highest BCUT2D eigenvalue weighted by atomic mass is 32.1. The van der Waals surface area contributed by atoms with Crippen molar-refractivity contribution < 1.29 is 9.53 Å². The highest BCUT2D eigenvalue weighted by Crippen LogP contribution is 2.29. The number of methoxy groups -OCH3 is 1. The minimum absolute atomic E-state index is 0.369. The van der Waals surface area contributed by atoms with Gasteiger partial charge in [-0.1, -0.05) is 6.42 Å². The molecule has 0 saturated carbocycles. The zero-order valence-corrected chi connectivity index (χ0v) is 12.1. The van der Waals surface area contributed by atoms with Crippen molar-refractivity contribution in [2.24, 2.45) is 0 Å². The highest BCUT2D eigenvalue weighted by Gasteiger charge is 2.15. The quantitative estimate of drug-likeness (QED) is 0.809. The van der Waals surface area contributed by atoms with Crippen molar-refractivity contribution in [2.75, 3.05) is 44.3 Å². The van der Waals surface area contributed by atoms with Crippen LogP contribution in [0, 0.1) is 0 Å². The van der Waals surface area contributed by atoms with Crippen LogP contribution < -0.4 is 11.1 Å². The molecule has 1 aromatic heterocycles. The van der Waals surface area contributed by atoms with Crippen LogP contribution in [0.4, 0.5) is 10.7 Å². The molecule has 0 amide bonds. The number of ether oxygens (including phenoxy) is 1. The maximum Gasteiger partial charge on any atom is 0.350 e. The zero-order valence-electron chi connectivity index (χ0n) is 11.3. The summed E-state index contributed by atoms with van der Waals surface area (Å²) < 4.78 is 4.69. The van der Waals surface area contributed by atoms with Crippen LogP contribution in [0.2, 0.25) is 0 Å². The number of anilines is 2. The van der Waals surface area contributed by atoms with Crippen LogP contribution in [-0.4, -0.2) is 44.2 Å². The predicted molar refractivity (Wildman–Crippen MR) is 78.9 cm³/mol. The van der Waals surface area contributed by atoms with E-state index in [1.807, 2.05) is 0 Å². The summed E-state index contributed by atoms with van der Waals surface area (Å²) in [5.41, 5.74) is 6.28. The summed E-state index contributed by atoms with van der Waals surface area (Å²) >= 11 is 1.35. The number of hydrogen-bond acceptors (Lipinski definition) is 6. The Morgan fingerprint density at radius 2 is 2.21 bits per heavy atom.